The number of amides is 2. The van der Waals surface area contributed by atoms with Crippen LogP contribution in [0, 0.1) is 0 Å². The second-order valence-electron chi connectivity index (χ2n) is 2.82. The molecule has 0 spiro atoms. The molecule has 0 aliphatic heterocycles. The third kappa shape index (κ3) is 2.84. The Balaban J connectivity index is 4.49. The molecule has 0 rings (SSSR count). The molecule has 0 bridgehead atoms. The number of hydrogen-bond acceptors (Lipinski definition) is 3. The van der Waals surface area contributed by atoms with Gasteiger partial charge in [-0.2, -0.15) is 0 Å². The van der Waals surface area contributed by atoms with E-state index in [0.29, 0.717) is 0 Å². The maximum absolute atomic E-state index is 11.4. The summed E-state index contributed by atoms with van der Waals surface area (Å²) >= 11 is 5.82. The van der Waals surface area contributed by atoms with Crippen molar-refractivity contribution in [3.05, 3.63) is 0 Å². The van der Waals surface area contributed by atoms with Gasteiger partial charge in [-0.3, -0.25) is 9.59 Å². The van der Waals surface area contributed by atoms with Crippen molar-refractivity contribution < 1.29 is 9.59 Å². The first kappa shape index (κ1) is 12.1. The molecule has 0 saturated carbocycles. The molecular weight excluding hydrogens is 292 g/mol. The Labute approximate surface area is 88.4 Å². The van der Waals surface area contributed by atoms with Gasteiger partial charge in [0.05, 0.1) is 16.1 Å². The van der Waals surface area contributed by atoms with Gasteiger partial charge in [0.1, 0.15) is 5.54 Å². The normalized spacial score (nSPS) is 11.1. The van der Waals surface area contributed by atoms with Gasteiger partial charge in [0.15, 0.2) is 0 Å². The van der Waals surface area contributed by atoms with Gasteiger partial charge in [-0.1, -0.05) is 0 Å². The Kier molecular flexibility index (Phi) is 4.36. The molecule has 0 atom stereocenters. The van der Waals surface area contributed by atoms with Gasteiger partial charge in [-0.05, 0) is 13.8 Å². The van der Waals surface area contributed by atoms with Gasteiger partial charge in [0.2, 0.25) is 5.91 Å². The van der Waals surface area contributed by atoms with E-state index in [4.69, 9.17) is 0 Å². The lowest BCUT2D eigenvalue weighted by Gasteiger charge is -2.24. The van der Waals surface area contributed by atoms with Crippen molar-refractivity contribution in [2.75, 3.05) is 0 Å². The topological polar surface area (TPSA) is 49.4 Å². The molecule has 0 aromatic heterocycles. The summed E-state index contributed by atoms with van der Waals surface area (Å²) in [5, 5.41) is 0. The number of nitrogens with zero attached hydrogens (tertiary/aromatic N) is 1. The van der Waals surface area contributed by atoms with Crippen LogP contribution in [0.2, 0.25) is 0 Å². The molecule has 6 heteroatoms. The van der Waals surface area contributed by atoms with Crippen molar-refractivity contribution >= 4 is 44.1 Å². The third-order valence-electron chi connectivity index (χ3n) is 1.23. The van der Waals surface area contributed by atoms with Crippen LogP contribution >= 0.6 is 32.3 Å². The molecule has 0 aliphatic carbocycles. The van der Waals surface area contributed by atoms with Crippen LogP contribution in [-0.4, -0.2) is 21.3 Å². The highest BCUT2D eigenvalue weighted by molar-refractivity contribution is 9.08. The zero-order chi connectivity index (χ0) is 9.94. The first-order chi connectivity index (χ1) is 5.33. The largest absolute Gasteiger partial charge is 0.274 e. The minimum absolute atomic E-state index is 0.351. The fraction of sp³-hybridized carbons (Fsp3) is 0.667. The monoisotopic (exact) mass is 300 g/mol. The summed E-state index contributed by atoms with van der Waals surface area (Å²) in [4.78, 5) is 22.2. The zero-order valence-corrected chi connectivity index (χ0v) is 10.2. The fourth-order valence-corrected chi connectivity index (χ4v) is 1.04. The standard InChI is InChI=1S/C6H10Br2N2O2/c1-4(11)10(8)5(12)6(2,3)9-7/h9H,1-3H3. The lowest BCUT2D eigenvalue weighted by atomic mass is 10.1. The van der Waals surface area contributed by atoms with Crippen molar-refractivity contribution in [2.45, 2.75) is 26.3 Å². The molecule has 70 valence electrons. The summed E-state index contributed by atoms with van der Waals surface area (Å²) in [5.74, 6) is -0.706. The number of hydrogen-bond donors (Lipinski definition) is 1. The van der Waals surface area contributed by atoms with Gasteiger partial charge < -0.3 is 0 Å². The second-order valence-corrected chi connectivity index (χ2v) is 3.93. The van der Waals surface area contributed by atoms with Crippen LogP contribution in [0.4, 0.5) is 0 Å². The molecule has 1 N–H and O–H groups in total. The molecule has 2 amide bonds. The molecular formula is C6H10Br2N2O2. The smallest absolute Gasteiger partial charge is 0.259 e. The van der Waals surface area contributed by atoms with E-state index in [1.807, 2.05) is 0 Å². The maximum Gasteiger partial charge on any atom is 0.259 e. The molecule has 0 radical (unpaired) electrons. The average Bonchev–Trinajstić information content (AvgIpc) is 2.01. The highest BCUT2D eigenvalue weighted by atomic mass is 79.9. The van der Waals surface area contributed by atoms with Gasteiger partial charge in [-0.15, -0.1) is 0 Å². The third-order valence-corrected chi connectivity index (χ3v) is 3.04. The molecule has 0 aromatic carbocycles. The van der Waals surface area contributed by atoms with Gasteiger partial charge in [0, 0.05) is 23.1 Å². The van der Waals surface area contributed by atoms with E-state index in [1.165, 1.54) is 6.92 Å². The molecule has 12 heavy (non-hydrogen) atoms. The summed E-state index contributed by atoms with van der Waals surface area (Å²) in [5.41, 5.74) is -0.810. The summed E-state index contributed by atoms with van der Waals surface area (Å²) in [6.45, 7) is 4.61. The van der Waals surface area contributed by atoms with E-state index in [0.717, 1.165) is 3.93 Å². The van der Waals surface area contributed by atoms with Crippen molar-refractivity contribution in [1.82, 2.24) is 8.27 Å². The first-order valence-electron chi connectivity index (χ1n) is 3.21. The van der Waals surface area contributed by atoms with Crippen LogP contribution in [-0.2, 0) is 9.59 Å². The molecule has 0 heterocycles. The summed E-state index contributed by atoms with van der Waals surface area (Å²) < 4.78 is 3.51. The van der Waals surface area contributed by atoms with E-state index in [-0.39, 0.29) is 11.8 Å². The SMILES string of the molecule is CC(=O)N(Br)C(=O)C(C)(C)NBr. The van der Waals surface area contributed by atoms with Crippen LogP contribution in [0.25, 0.3) is 0 Å². The highest BCUT2D eigenvalue weighted by Gasteiger charge is 2.31. The van der Waals surface area contributed by atoms with Crippen molar-refractivity contribution in [2.24, 2.45) is 0 Å². The minimum Gasteiger partial charge on any atom is -0.274 e. The Morgan fingerprint density at radius 1 is 1.42 bits per heavy atom. The van der Waals surface area contributed by atoms with Gasteiger partial charge >= 0.3 is 0 Å². The van der Waals surface area contributed by atoms with E-state index in [2.05, 4.69) is 36.6 Å². The van der Waals surface area contributed by atoms with Gasteiger partial charge in [0.25, 0.3) is 5.91 Å². The van der Waals surface area contributed by atoms with Gasteiger partial charge in [-0.25, -0.2) is 8.27 Å². The molecule has 4 nitrogen and oxygen atoms in total. The second kappa shape index (κ2) is 4.34. The van der Waals surface area contributed by atoms with E-state index >= 15 is 0 Å². The number of rotatable bonds is 2. The predicted molar refractivity (Wildman–Crippen MR) is 52.6 cm³/mol. The Bertz CT molecular complexity index is 206. The fourth-order valence-electron chi connectivity index (χ4n) is 0.429. The number of carbonyl (C=O) groups is 2. The number of nitrogens with one attached hydrogen (secondary N) is 1. The number of carbonyl (C=O) groups excluding carboxylic acids is 2. The predicted octanol–water partition coefficient (Wildman–Crippen LogP) is 1.35. The Hall–Kier alpha value is 0.0600. The highest BCUT2D eigenvalue weighted by Crippen LogP contribution is 2.12. The number of imide groups is 1. The van der Waals surface area contributed by atoms with E-state index < -0.39 is 5.54 Å². The lowest BCUT2D eigenvalue weighted by molar-refractivity contribution is -0.139. The molecule has 0 aliphatic rings. The molecule has 0 unspecified atom stereocenters. The minimum atomic E-state index is -0.810. The van der Waals surface area contributed by atoms with Crippen LogP contribution in [0.3, 0.4) is 0 Å². The van der Waals surface area contributed by atoms with Crippen molar-refractivity contribution in [1.29, 1.82) is 0 Å². The Morgan fingerprint density at radius 3 is 2.08 bits per heavy atom. The lowest BCUT2D eigenvalue weighted by Crippen LogP contribution is -2.48. The maximum atomic E-state index is 11.4. The molecule has 0 fully saturated rings. The van der Waals surface area contributed by atoms with Crippen LogP contribution < -0.4 is 4.34 Å². The summed E-state index contributed by atoms with van der Waals surface area (Å²) in [6, 6.07) is 0. The van der Waals surface area contributed by atoms with Crippen LogP contribution in [0.5, 0.6) is 0 Å². The zero-order valence-electron chi connectivity index (χ0n) is 7.02. The van der Waals surface area contributed by atoms with Crippen LogP contribution in [0.1, 0.15) is 20.8 Å². The quantitative estimate of drug-likeness (QED) is 0.783. The molecule has 0 aromatic rings. The Morgan fingerprint density at radius 2 is 1.83 bits per heavy atom. The summed E-state index contributed by atoms with van der Waals surface area (Å²) in [6.07, 6.45) is 0. The van der Waals surface area contributed by atoms with Crippen molar-refractivity contribution in [3.63, 3.8) is 0 Å². The average molecular weight is 302 g/mol. The van der Waals surface area contributed by atoms with Crippen LogP contribution in [0.15, 0.2) is 0 Å². The number of halogens is 2. The van der Waals surface area contributed by atoms with E-state index in [9.17, 15) is 9.59 Å². The summed E-state index contributed by atoms with van der Waals surface area (Å²) in [7, 11) is 0. The first-order valence-corrected chi connectivity index (χ1v) is 4.72. The van der Waals surface area contributed by atoms with E-state index in [1.54, 1.807) is 13.8 Å². The molecule has 0 saturated heterocycles. The van der Waals surface area contributed by atoms with Crippen molar-refractivity contribution in [3.8, 4) is 0 Å².